The molecule has 0 radical (unpaired) electrons. The van der Waals surface area contributed by atoms with Gasteiger partial charge in [0.05, 0.1) is 11.4 Å². The molecule has 1 heterocycles. The standard InChI is InChI=1S/C22H24F3N3O3/c1-5-18(9-6-15(3)22(23,24)25)28-26-16(4)20(27-28)13-31-19-10-7-17(14(2)12-19)8-11-21(29)30/h5-12,20,27H,3,13H2,1-2,4H3,(H,29,30)/b9-6-,11-8+,18-5+. The van der Waals surface area contributed by atoms with Gasteiger partial charge in [-0.1, -0.05) is 18.7 Å². The topological polar surface area (TPSA) is 74.2 Å². The summed E-state index contributed by atoms with van der Waals surface area (Å²) in [6, 6.07) is 5.01. The molecule has 9 heteroatoms. The zero-order valence-corrected chi connectivity index (χ0v) is 17.4. The molecule has 0 aromatic heterocycles. The maximum atomic E-state index is 12.6. The second-order valence-corrected chi connectivity index (χ2v) is 6.81. The number of hydrogen-bond acceptors (Lipinski definition) is 5. The average Bonchev–Trinajstić information content (AvgIpc) is 3.05. The van der Waals surface area contributed by atoms with E-state index < -0.39 is 17.7 Å². The van der Waals surface area contributed by atoms with Crippen LogP contribution in [-0.4, -0.2) is 40.7 Å². The molecule has 1 atom stereocenters. The summed E-state index contributed by atoms with van der Waals surface area (Å²) in [5.74, 6) is -0.421. The van der Waals surface area contributed by atoms with Gasteiger partial charge < -0.3 is 9.84 Å². The van der Waals surface area contributed by atoms with Gasteiger partial charge in [0.1, 0.15) is 18.4 Å². The second-order valence-electron chi connectivity index (χ2n) is 6.81. The SMILES string of the molecule is C=C(/C=C\C(=C/C)N1N=C(C)C(COc2ccc(/C=C/C(=O)O)c(C)c2)N1)C(F)(F)F. The highest BCUT2D eigenvalue weighted by Crippen LogP contribution is 2.25. The molecule has 1 aromatic carbocycles. The number of hydrazone groups is 1. The molecule has 0 saturated carbocycles. The molecule has 1 aromatic rings. The molecular weight excluding hydrogens is 411 g/mol. The average molecular weight is 435 g/mol. The van der Waals surface area contributed by atoms with Crippen molar-refractivity contribution in [1.29, 1.82) is 0 Å². The van der Waals surface area contributed by atoms with Crippen LogP contribution in [0.3, 0.4) is 0 Å². The van der Waals surface area contributed by atoms with Gasteiger partial charge in [-0.2, -0.15) is 23.4 Å². The molecule has 6 nitrogen and oxygen atoms in total. The number of carboxylic acids is 1. The number of carboxylic acid groups (broad SMARTS) is 1. The number of rotatable bonds is 8. The zero-order valence-electron chi connectivity index (χ0n) is 17.4. The predicted octanol–water partition coefficient (Wildman–Crippen LogP) is 4.61. The number of allylic oxidation sites excluding steroid dienone is 4. The Kier molecular flexibility index (Phi) is 7.82. The fraction of sp³-hybridized carbons (Fsp3) is 0.273. The Labute approximate surface area is 178 Å². The number of alkyl halides is 3. The summed E-state index contributed by atoms with van der Waals surface area (Å²) in [6.07, 6.45) is 1.90. The van der Waals surface area contributed by atoms with Gasteiger partial charge >= 0.3 is 12.1 Å². The highest BCUT2D eigenvalue weighted by atomic mass is 19.4. The normalized spacial score (nSPS) is 17.5. The van der Waals surface area contributed by atoms with Crippen molar-refractivity contribution in [1.82, 2.24) is 10.5 Å². The minimum absolute atomic E-state index is 0.242. The maximum absolute atomic E-state index is 12.6. The van der Waals surface area contributed by atoms with E-state index in [2.05, 4.69) is 17.1 Å². The monoisotopic (exact) mass is 435 g/mol. The van der Waals surface area contributed by atoms with Gasteiger partial charge in [-0.25, -0.2) is 10.2 Å². The smallest absolute Gasteiger partial charge is 0.415 e. The number of nitrogens with zero attached hydrogens (tertiary/aromatic N) is 2. The van der Waals surface area contributed by atoms with Crippen molar-refractivity contribution in [3.05, 3.63) is 71.5 Å². The van der Waals surface area contributed by atoms with E-state index in [0.717, 1.165) is 23.3 Å². The molecule has 2 N–H and O–H groups in total. The van der Waals surface area contributed by atoms with Gasteiger partial charge in [-0.15, -0.1) is 0 Å². The van der Waals surface area contributed by atoms with Gasteiger partial charge in [-0.3, -0.25) is 0 Å². The van der Waals surface area contributed by atoms with E-state index in [0.29, 0.717) is 17.2 Å². The largest absolute Gasteiger partial charge is 0.491 e. The van der Waals surface area contributed by atoms with Gasteiger partial charge in [0.15, 0.2) is 0 Å². The van der Waals surface area contributed by atoms with E-state index in [1.165, 1.54) is 17.3 Å². The number of aryl methyl sites for hydroxylation is 1. The fourth-order valence-corrected chi connectivity index (χ4v) is 2.62. The van der Waals surface area contributed by atoms with Crippen LogP contribution in [0.2, 0.25) is 0 Å². The Bertz CT molecular complexity index is 962. The lowest BCUT2D eigenvalue weighted by Gasteiger charge is -2.19. The van der Waals surface area contributed by atoms with E-state index in [-0.39, 0.29) is 12.6 Å². The minimum atomic E-state index is -4.49. The summed E-state index contributed by atoms with van der Waals surface area (Å²) >= 11 is 0. The Balaban J connectivity index is 1.99. The highest BCUT2D eigenvalue weighted by molar-refractivity contribution is 5.88. The van der Waals surface area contributed by atoms with E-state index in [9.17, 15) is 18.0 Å². The van der Waals surface area contributed by atoms with Crippen molar-refractivity contribution < 1.29 is 27.8 Å². The molecule has 2 rings (SSSR count). The van der Waals surface area contributed by atoms with E-state index in [1.807, 2.05) is 6.92 Å². The maximum Gasteiger partial charge on any atom is 0.415 e. The highest BCUT2D eigenvalue weighted by Gasteiger charge is 2.30. The first kappa shape index (κ1) is 23.9. The second kappa shape index (κ2) is 10.1. The molecule has 31 heavy (non-hydrogen) atoms. The summed E-state index contributed by atoms with van der Waals surface area (Å²) in [4.78, 5) is 10.6. The molecule has 0 spiro atoms. The number of nitrogens with one attached hydrogen (secondary N) is 1. The number of hydrazine groups is 1. The van der Waals surface area contributed by atoms with Crippen LogP contribution in [0.4, 0.5) is 13.2 Å². The van der Waals surface area contributed by atoms with Crippen LogP contribution < -0.4 is 10.2 Å². The van der Waals surface area contributed by atoms with E-state index in [1.54, 1.807) is 38.1 Å². The number of benzene rings is 1. The van der Waals surface area contributed by atoms with Crippen molar-refractivity contribution in [3.8, 4) is 5.75 Å². The van der Waals surface area contributed by atoms with Gasteiger partial charge in [0, 0.05) is 11.6 Å². The quantitative estimate of drug-likeness (QED) is 0.461. The van der Waals surface area contributed by atoms with Gasteiger partial charge in [0.25, 0.3) is 0 Å². The molecule has 1 aliphatic heterocycles. The lowest BCUT2D eigenvalue weighted by molar-refractivity contribution is -0.131. The number of ether oxygens (including phenoxy) is 1. The third kappa shape index (κ3) is 6.85. The molecule has 1 aliphatic rings. The van der Waals surface area contributed by atoms with Crippen LogP contribution in [0, 0.1) is 6.92 Å². The molecular formula is C22H24F3N3O3. The third-order valence-electron chi connectivity index (χ3n) is 4.46. The van der Waals surface area contributed by atoms with Gasteiger partial charge in [-0.05, 0) is 62.3 Å². The van der Waals surface area contributed by atoms with Crippen LogP contribution >= 0.6 is 0 Å². The Morgan fingerprint density at radius 1 is 1.32 bits per heavy atom. The molecule has 0 saturated heterocycles. The Morgan fingerprint density at radius 3 is 2.61 bits per heavy atom. The van der Waals surface area contributed by atoms with Crippen molar-refractivity contribution in [2.24, 2.45) is 5.10 Å². The number of carbonyl (C=O) groups is 1. The number of hydrogen-bond donors (Lipinski definition) is 2. The van der Waals surface area contributed by atoms with Crippen LogP contribution in [0.1, 0.15) is 25.0 Å². The summed E-state index contributed by atoms with van der Waals surface area (Å²) in [7, 11) is 0. The molecule has 0 fully saturated rings. The predicted molar refractivity (Wildman–Crippen MR) is 113 cm³/mol. The first-order valence-corrected chi connectivity index (χ1v) is 9.37. The van der Waals surface area contributed by atoms with E-state index in [4.69, 9.17) is 9.84 Å². The molecule has 0 amide bonds. The van der Waals surface area contributed by atoms with Crippen molar-refractivity contribution >= 4 is 17.8 Å². The van der Waals surface area contributed by atoms with Crippen LogP contribution in [0.15, 0.2) is 65.5 Å². The third-order valence-corrected chi connectivity index (χ3v) is 4.46. The molecule has 0 aliphatic carbocycles. The van der Waals surface area contributed by atoms with Crippen molar-refractivity contribution in [2.45, 2.75) is 33.0 Å². The first-order valence-electron chi connectivity index (χ1n) is 9.37. The number of halogens is 3. The van der Waals surface area contributed by atoms with Crippen LogP contribution in [0.5, 0.6) is 5.75 Å². The summed E-state index contributed by atoms with van der Waals surface area (Å²) in [5, 5.41) is 14.5. The van der Waals surface area contributed by atoms with Crippen LogP contribution in [-0.2, 0) is 4.79 Å². The number of aliphatic carboxylic acids is 1. The summed E-state index contributed by atoms with van der Waals surface area (Å²) < 4.78 is 43.7. The molecule has 1 unspecified atom stereocenters. The molecule has 0 bridgehead atoms. The van der Waals surface area contributed by atoms with Crippen molar-refractivity contribution in [2.75, 3.05) is 6.61 Å². The summed E-state index contributed by atoms with van der Waals surface area (Å²) in [5.41, 5.74) is 4.88. The Hall–Kier alpha value is -3.33. The lowest BCUT2D eigenvalue weighted by Crippen LogP contribution is -2.40. The lowest BCUT2D eigenvalue weighted by atomic mass is 10.1. The molecule has 166 valence electrons. The fourth-order valence-electron chi connectivity index (χ4n) is 2.62. The van der Waals surface area contributed by atoms with Crippen molar-refractivity contribution in [3.63, 3.8) is 0 Å². The van der Waals surface area contributed by atoms with E-state index >= 15 is 0 Å². The minimum Gasteiger partial charge on any atom is -0.491 e. The Morgan fingerprint density at radius 2 is 2.03 bits per heavy atom. The zero-order chi connectivity index (χ0) is 23.2. The van der Waals surface area contributed by atoms with Gasteiger partial charge in [0.2, 0.25) is 0 Å². The van der Waals surface area contributed by atoms with Crippen LogP contribution in [0.25, 0.3) is 6.08 Å². The summed E-state index contributed by atoms with van der Waals surface area (Å²) in [6.45, 7) is 8.58. The first-order chi connectivity index (χ1) is 14.5.